The summed E-state index contributed by atoms with van der Waals surface area (Å²) in [6.07, 6.45) is 3.37. The molecular formula is C39H60N2O6Si2. The first-order chi connectivity index (χ1) is 22.8. The van der Waals surface area contributed by atoms with E-state index in [1.54, 1.807) is 24.1 Å². The number of amides is 2. The molecule has 0 saturated carbocycles. The average Bonchev–Trinajstić information content (AvgIpc) is 3.45. The molecule has 1 atom stereocenters. The summed E-state index contributed by atoms with van der Waals surface area (Å²) in [4.78, 5) is 29.5. The predicted octanol–water partition coefficient (Wildman–Crippen LogP) is 10.6. The van der Waals surface area contributed by atoms with E-state index in [0.29, 0.717) is 41.2 Å². The van der Waals surface area contributed by atoms with Gasteiger partial charge in [0.2, 0.25) is 0 Å². The maximum absolute atomic E-state index is 14.8. The minimum absolute atomic E-state index is 0.0141. The smallest absolute Gasteiger partial charge is 0.411 e. The van der Waals surface area contributed by atoms with Crippen molar-refractivity contribution < 1.29 is 27.9 Å². The molecule has 2 aromatic rings. The molecule has 1 heterocycles. The SMILES string of the molecule is C=CCOC(=O)Nc1cc(O[Si](C(C)C)(C(C)C)C(C)C)c(OC)cc1C(=O)N1C=C(c2ccc(C)cc2)C[C@H]1CO[Si](C)(C)C(C)(C)C. The van der Waals surface area contributed by atoms with Crippen LogP contribution in [-0.2, 0) is 9.16 Å². The third kappa shape index (κ3) is 9.07. The Morgan fingerprint density at radius 2 is 1.59 bits per heavy atom. The van der Waals surface area contributed by atoms with Gasteiger partial charge >= 0.3 is 6.09 Å². The van der Waals surface area contributed by atoms with Crippen LogP contribution in [0.25, 0.3) is 5.57 Å². The molecule has 3 rings (SSSR count). The molecule has 0 unspecified atom stereocenters. The van der Waals surface area contributed by atoms with Crippen LogP contribution in [0.3, 0.4) is 0 Å². The molecule has 2 amide bonds. The summed E-state index contributed by atoms with van der Waals surface area (Å²) in [6.45, 7) is 30.4. The Kier molecular flexibility index (Phi) is 13.2. The molecule has 0 fully saturated rings. The van der Waals surface area contributed by atoms with Crippen molar-refractivity contribution in [2.24, 2.45) is 0 Å². The first-order valence-electron chi connectivity index (χ1n) is 17.5. The number of anilines is 1. The molecular weight excluding hydrogens is 649 g/mol. The summed E-state index contributed by atoms with van der Waals surface area (Å²) in [5.74, 6) is 0.647. The Hall–Kier alpha value is -3.35. The first-order valence-corrected chi connectivity index (χ1v) is 22.5. The van der Waals surface area contributed by atoms with Crippen LogP contribution < -0.4 is 14.5 Å². The average molecular weight is 709 g/mol. The lowest BCUT2D eigenvalue weighted by atomic mass is 10.0. The molecule has 1 N–H and O–H groups in total. The van der Waals surface area contributed by atoms with E-state index >= 15 is 0 Å². The molecule has 0 bridgehead atoms. The Morgan fingerprint density at radius 1 is 1.00 bits per heavy atom. The zero-order chi connectivity index (χ0) is 36.9. The molecule has 0 aromatic heterocycles. The van der Waals surface area contributed by atoms with Gasteiger partial charge in [0.1, 0.15) is 12.4 Å². The number of carbonyl (C=O) groups excluding carboxylic acids is 2. The summed E-state index contributed by atoms with van der Waals surface area (Å²) in [6, 6.07) is 11.5. The predicted molar refractivity (Wildman–Crippen MR) is 207 cm³/mol. The van der Waals surface area contributed by atoms with E-state index in [1.165, 1.54) is 11.6 Å². The van der Waals surface area contributed by atoms with E-state index in [1.807, 2.05) is 6.20 Å². The summed E-state index contributed by atoms with van der Waals surface area (Å²) >= 11 is 0. The highest BCUT2D eigenvalue weighted by atomic mass is 28.4. The zero-order valence-corrected chi connectivity index (χ0v) is 34.2. The van der Waals surface area contributed by atoms with Gasteiger partial charge in [-0.15, -0.1) is 0 Å². The third-order valence-electron chi connectivity index (χ3n) is 10.3. The second-order valence-electron chi connectivity index (χ2n) is 15.6. The van der Waals surface area contributed by atoms with Gasteiger partial charge in [-0.1, -0.05) is 105 Å². The second kappa shape index (κ2) is 16.1. The molecule has 0 aliphatic carbocycles. The Labute approximate surface area is 297 Å². The lowest BCUT2D eigenvalue weighted by Gasteiger charge is -2.42. The minimum atomic E-state index is -2.43. The van der Waals surface area contributed by atoms with Gasteiger partial charge in [0, 0.05) is 12.3 Å². The molecule has 8 nitrogen and oxygen atoms in total. The topological polar surface area (TPSA) is 86.3 Å². The van der Waals surface area contributed by atoms with Gasteiger partial charge in [-0.05, 0) is 65.3 Å². The number of hydrogen-bond acceptors (Lipinski definition) is 6. The van der Waals surface area contributed by atoms with Crippen LogP contribution >= 0.6 is 0 Å². The van der Waals surface area contributed by atoms with Crippen molar-refractivity contribution in [1.29, 1.82) is 0 Å². The number of nitrogens with zero attached hydrogens (tertiary/aromatic N) is 1. The van der Waals surface area contributed by atoms with Gasteiger partial charge in [-0.3, -0.25) is 10.1 Å². The van der Waals surface area contributed by atoms with E-state index in [2.05, 4.69) is 118 Å². The molecule has 10 heteroatoms. The number of nitrogens with one attached hydrogen (secondary N) is 1. The lowest BCUT2D eigenvalue weighted by Crippen LogP contribution is -2.50. The van der Waals surface area contributed by atoms with Gasteiger partial charge in [0.15, 0.2) is 14.1 Å². The largest absolute Gasteiger partial charge is 0.540 e. The van der Waals surface area contributed by atoms with Crippen molar-refractivity contribution in [3.8, 4) is 11.5 Å². The van der Waals surface area contributed by atoms with Crippen LogP contribution in [0, 0.1) is 6.92 Å². The molecule has 0 spiro atoms. The standard InChI is InChI=1S/C39H60N2O6Si2/c1-15-20-45-38(43)40-34-23-36(47-49(26(2)3,27(4)5)28(6)7)35(44-12)22-33(34)37(42)41-24-31(30-18-16-29(8)17-19-30)21-32(41)25-46-48(13,14)39(9,10)11/h15-19,22-24,26-28,32H,1,20-21,25H2,2-14H3,(H,40,43)/t32-/m0/s1. The summed E-state index contributed by atoms with van der Waals surface area (Å²) < 4.78 is 24.9. The van der Waals surface area contributed by atoms with Crippen molar-refractivity contribution >= 4 is 39.9 Å². The first kappa shape index (κ1) is 40.1. The van der Waals surface area contributed by atoms with Crippen LogP contribution in [0.4, 0.5) is 10.5 Å². The molecule has 2 aromatic carbocycles. The number of rotatable bonds is 14. The van der Waals surface area contributed by atoms with E-state index in [4.69, 9.17) is 18.3 Å². The van der Waals surface area contributed by atoms with Crippen molar-refractivity contribution in [3.63, 3.8) is 0 Å². The number of ether oxygens (including phenoxy) is 2. The van der Waals surface area contributed by atoms with Crippen LogP contribution in [-0.4, -0.2) is 59.9 Å². The van der Waals surface area contributed by atoms with Gasteiger partial charge in [-0.25, -0.2) is 4.79 Å². The third-order valence-corrected chi connectivity index (χ3v) is 20.8. The van der Waals surface area contributed by atoms with E-state index in [-0.39, 0.29) is 34.8 Å². The highest BCUT2D eigenvalue weighted by Gasteiger charge is 2.48. The van der Waals surface area contributed by atoms with Crippen molar-refractivity contribution in [3.05, 3.63) is 71.9 Å². The zero-order valence-electron chi connectivity index (χ0n) is 32.2. The molecule has 0 radical (unpaired) electrons. The van der Waals surface area contributed by atoms with Gasteiger partial charge in [0.25, 0.3) is 14.2 Å². The lowest BCUT2D eigenvalue weighted by molar-refractivity contribution is 0.0738. The summed E-state index contributed by atoms with van der Waals surface area (Å²) in [7, 11) is -2.97. The summed E-state index contributed by atoms with van der Waals surface area (Å²) in [5.41, 5.74) is 4.71. The quantitative estimate of drug-likeness (QED) is 0.155. The van der Waals surface area contributed by atoms with E-state index < -0.39 is 22.7 Å². The monoisotopic (exact) mass is 708 g/mol. The molecule has 1 aliphatic heterocycles. The van der Waals surface area contributed by atoms with Gasteiger partial charge in [-0.2, -0.15) is 0 Å². The molecule has 1 aliphatic rings. The van der Waals surface area contributed by atoms with Crippen LogP contribution in [0.15, 0.2) is 55.3 Å². The fraction of sp³-hybridized carbons (Fsp3) is 0.538. The number of carbonyl (C=O) groups is 2. The Balaban J connectivity index is 2.18. The van der Waals surface area contributed by atoms with Crippen LogP contribution in [0.5, 0.6) is 11.5 Å². The highest BCUT2D eigenvalue weighted by molar-refractivity contribution is 6.78. The molecule has 0 saturated heterocycles. The van der Waals surface area contributed by atoms with Crippen molar-refractivity contribution in [1.82, 2.24) is 4.90 Å². The fourth-order valence-corrected chi connectivity index (χ4v) is 12.9. The fourth-order valence-electron chi connectivity index (χ4n) is 6.57. The van der Waals surface area contributed by atoms with Crippen LogP contribution in [0.1, 0.15) is 90.2 Å². The molecule has 49 heavy (non-hydrogen) atoms. The van der Waals surface area contributed by atoms with Gasteiger partial charge < -0.3 is 23.2 Å². The maximum atomic E-state index is 14.8. The number of hydrogen-bond donors (Lipinski definition) is 1. The van der Waals surface area contributed by atoms with E-state index in [9.17, 15) is 9.59 Å². The highest BCUT2D eigenvalue weighted by Crippen LogP contribution is 2.46. The Bertz CT molecular complexity index is 1490. The van der Waals surface area contributed by atoms with Crippen molar-refractivity contribution in [2.45, 2.75) is 116 Å². The van der Waals surface area contributed by atoms with Gasteiger partial charge in [0.05, 0.1) is 31.0 Å². The van der Waals surface area contributed by atoms with Crippen LogP contribution in [0.2, 0.25) is 34.8 Å². The number of benzene rings is 2. The normalized spacial score (nSPS) is 15.5. The number of aryl methyl sites for hydroxylation is 1. The second-order valence-corrected chi connectivity index (χ2v) is 25.8. The maximum Gasteiger partial charge on any atom is 0.411 e. The van der Waals surface area contributed by atoms with E-state index in [0.717, 1.165) is 11.1 Å². The minimum Gasteiger partial charge on any atom is -0.540 e. The van der Waals surface area contributed by atoms with Crippen molar-refractivity contribution in [2.75, 3.05) is 25.6 Å². The number of methoxy groups -OCH3 is 1. The molecule has 270 valence electrons. The summed E-state index contributed by atoms with van der Waals surface area (Å²) in [5, 5.41) is 2.85. The Morgan fingerprint density at radius 3 is 2.10 bits per heavy atom.